The minimum absolute atomic E-state index is 0.00154. The summed E-state index contributed by atoms with van der Waals surface area (Å²) in [6, 6.07) is 12.7. The van der Waals surface area contributed by atoms with Crippen LogP contribution in [0.1, 0.15) is 27.8 Å². The quantitative estimate of drug-likeness (QED) is 0.695. The van der Waals surface area contributed by atoms with Crippen LogP contribution in [0, 0.1) is 5.82 Å². The summed E-state index contributed by atoms with van der Waals surface area (Å²) in [5.74, 6) is -0.807. The fourth-order valence-corrected chi connectivity index (χ4v) is 2.58. The molecule has 1 heterocycles. The zero-order valence-corrected chi connectivity index (χ0v) is 14.4. The summed E-state index contributed by atoms with van der Waals surface area (Å²) in [6.07, 6.45) is 0.473. The van der Waals surface area contributed by atoms with Crippen LogP contribution in [0.3, 0.4) is 0 Å². The lowest BCUT2D eigenvalue weighted by Crippen LogP contribution is -2.24. The van der Waals surface area contributed by atoms with Gasteiger partial charge in [0.05, 0.1) is 12.6 Å². The Bertz CT molecular complexity index is 898. The molecule has 0 bridgehead atoms. The summed E-state index contributed by atoms with van der Waals surface area (Å²) in [4.78, 5) is 16.1. The third-order valence-electron chi connectivity index (χ3n) is 3.70. The third kappa shape index (κ3) is 4.65. The zero-order chi connectivity index (χ0) is 18.5. The first-order chi connectivity index (χ1) is 12.5. The van der Waals surface area contributed by atoms with Gasteiger partial charge in [-0.3, -0.25) is 4.79 Å². The van der Waals surface area contributed by atoms with Crippen LogP contribution in [-0.2, 0) is 13.1 Å². The first-order valence-electron chi connectivity index (χ1n) is 7.87. The fourth-order valence-electron chi connectivity index (χ4n) is 2.36. The summed E-state index contributed by atoms with van der Waals surface area (Å²) in [5.41, 5.74) is 1.41. The van der Waals surface area contributed by atoms with E-state index in [1.54, 1.807) is 18.2 Å². The number of amides is 1. The number of aliphatic hydroxyl groups excluding tert-OH is 1. The van der Waals surface area contributed by atoms with Crippen molar-refractivity contribution in [1.29, 1.82) is 0 Å². The number of carbonyl (C=O) groups is 1. The maximum Gasteiger partial charge on any atom is 0.291 e. The number of nitrogens with zero attached hydrogens (tertiary/aromatic N) is 3. The molecule has 3 aromatic rings. The van der Waals surface area contributed by atoms with E-state index in [0.29, 0.717) is 17.1 Å². The number of aromatic nitrogens is 3. The summed E-state index contributed by atoms with van der Waals surface area (Å²) in [5, 5.41) is 17.5. The van der Waals surface area contributed by atoms with Crippen molar-refractivity contribution in [2.24, 2.45) is 0 Å². The topological polar surface area (TPSA) is 80.0 Å². The second-order valence-corrected chi connectivity index (χ2v) is 6.11. The number of rotatable bonds is 6. The lowest BCUT2D eigenvalue weighted by Gasteiger charge is -2.10. The Morgan fingerprint density at radius 2 is 2.04 bits per heavy atom. The van der Waals surface area contributed by atoms with Crippen LogP contribution in [0.2, 0.25) is 5.02 Å². The molecule has 0 aliphatic heterocycles. The third-order valence-corrected chi connectivity index (χ3v) is 3.93. The van der Waals surface area contributed by atoms with Gasteiger partial charge in [0.15, 0.2) is 0 Å². The molecule has 0 spiro atoms. The minimum Gasteiger partial charge on any atom is -0.386 e. The van der Waals surface area contributed by atoms with Crippen molar-refractivity contribution >= 4 is 17.5 Å². The van der Waals surface area contributed by atoms with E-state index < -0.39 is 12.0 Å². The summed E-state index contributed by atoms with van der Waals surface area (Å²) < 4.78 is 14.3. The minimum atomic E-state index is -0.889. The molecule has 0 radical (unpaired) electrons. The average molecular weight is 375 g/mol. The first-order valence-corrected chi connectivity index (χ1v) is 8.24. The van der Waals surface area contributed by atoms with Crippen LogP contribution in [0.25, 0.3) is 0 Å². The van der Waals surface area contributed by atoms with E-state index in [9.17, 15) is 14.3 Å². The van der Waals surface area contributed by atoms with E-state index in [1.807, 2.05) is 6.07 Å². The second-order valence-electron chi connectivity index (χ2n) is 5.67. The van der Waals surface area contributed by atoms with Crippen molar-refractivity contribution in [3.05, 3.63) is 82.6 Å². The summed E-state index contributed by atoms with van der Waals surface area (Å²) in [7, 11) is 0. The Hall–Kier alpha value is -2.77. The van der Waals surface area contributed by atoms with E-state index in [4.69, 9.17) is 11.6 Å². The molecule has 0 saturated carbocycles. The average Bonchev–Trinajstić information content (AvgIpc) is 3.09. The monoisotopic (exact) mass is 374 g/mol. The highest BCUT2D eigenvalue weighted by Gasteiger charge is 2.14. The van der Waals surface area contributed by atoms with E-state index in [1.165, 1.54) is 35.3 Å². The highest BCUT2D eigenvalue weighted by atomic mass is 35.5. The van der Waals surface area contributed by atoms with Crippen molar-refractivity contribution in [3.8, 4) is 0 Å². The molecule has 0 unspecified atom stereocenters. The lowest BCUT2D eigenvalue weighted by molar-refractivity contribution is 0.0938. The Labute approximate surface area is 154 Å². The molecule has 2 aromatic carbocycles. The zero-order valence-electron chi connectivity index (χ0n) is 13.6. The molecule has 26 heavy (non-hydrogen) atoms. The maximum atomic E-state index is 12.9. The molecule has 1 atom stereocenters. The van der Waals surface area contributed by atoms with Crippen LogP contribution in [0.4, 0.5) is 4.39 Å². The number of halogens is 2. The number of aliphatic hydroxyl groups is 1. The number of carbonyl (C=O) groups excluding carboxylic acids is 1. The number of hydrogen-bond donors (Lipinski definition) is 2. The number of hydrogen-bond acceptors (Lipinski definition) is 4. The number of nitrogens with one attached hydrogen (secondary N) is 1. The SMILES string of the molecule is O=C(NCc1cccc(Cl)c1)c1ncn(C[C@@H](O)c2ccc(F)cc2)n1. The van der Waals surface area contributed by atoms with Gasteiger partial charge in [0, 0.05) is 11.6 Å². The largest absolute Gasteiger partial charge is 0.386 e. The predicted octanol–water partition coefficient (Wildman–Crippen LogP) is 2.73. The van der Waals surface area contributed by atoms with E-state index in [-0.39, 0.29) is 18.2 Å². The van der Waals surface area contributed by atoms with Gasteiger partial charge in [-0.2, -0.15) is 0 Å². The molecule has 3 rings (SSSR count). The van der Waals surface area contributed by atoms with Gasteiger partial charge in [-0.25, -0.2) is 14.1 Å². The van der Waals surface area contributed by atoms with Gasteiger partial charge in [-0.1, -0.05) is 35.9 Å². The van der Waals surface area contributed by atoms with Crippen LogP contribution in [0.15, 0.2) is 54.9 Å². The smallest absolute Gasteiger partial charge is 0.291 e. The molecule has 1 amide bonds. The molecular weight excluding hydrogens is 359 g/mol. The molecule has 0 aliphatic carbocycles. The van der Waals surface area contributed by atoms with Gasteiger partial charge in [0.2, 0.25) is 5.82 Å². The Kier molecular flexibility index (Phi) is 5.60. The Morgan fingerprint density at radius 3 is 2.77 bits per heavy atom. The van der Waals surface area contributed by atoms with E-state index in [0.717, 1.165) is 5.56 Å². The molecular formula is C18H16ClFN4O2. The van der Waals surface area contributed by atoms with Crippen LogP contribution in [-0.4, -0.2) is 25.8 Å². The van der Waals surface area contributed by atoms with Crippen molar-refractivity contribution in [3.63, 3.8) is 0 Å². The van der Waals surface area contributed by atoms with E-state index >= 15 is 0 Å². The van der Waals surface area contributed by atoms with Gasteiger partial charge in [0.1, 0.15) is 12.1 Å². The van der Waals surface area contributed by atoms with Gasteiger partial charge in [-0.15, -0.1) is 5.10 Å². The van der Waals surface area contributed by atoms with Crippen molar-refractivity contribution < 1.29 is 14.3 Å². The predicted molar refractivity (Wildman–Crippen MR) is 94.0 cm³/mol. The highest BCUT2D eigenvalue weighted by molar-refractivity contribution is 6.30. The molecule has 6 nitrogen and oxygen atoms in total. The van der Waals surface area contributed by atoms with E-state index in [2.05, 4.69) is 15.4 Å². The Balaban J connectivity index is 1.58. The molecule has 0 saturated heterocycles. The molecule has 0 aliphatic rings. The highest BCUT2D eigenvalue weighted by Crippen LogP contribution is 2.15. The summed E-state index contributed by atoms with van der Waals surface area (Å²) in [6.45, 7) is 0.395. The van der Waals surface area contributed by atoms with Crippen molar-refractivity contribution in [2.45, 2.75) is 19.2 Å². The van der Waals surface area contributed by atoms with Gasteiger partial charge >= 0.3 is 0 Å². The van der Waals surface area contributed by atoms with Crippen LogP contribution >= 0.6 is 11.6 Å². The van der Waals surface area contributed by atoms with Crippen LogP contribution in [0.5, 0.6) is 0 Å². The van der Waals surface area contributed by atoms with Gasteiger partial charge in [-0.05, 0) is 35.4 Å². The molecule has 1 aromatic heterocycles. The molecule has 134 valence electrons. The van der Waals surface area contributed by atoms with Crippen molar-refractivity contribution in [1.82, 2.24) is 20.1 Å². The summed E-state index contributed by atoms with van der Waals surface area (Å²) >= 11 is 5.90. The van der Waals surface area contributed by atoms with Crippen LogP contribution < -0.4 is 5.32 Å². The first kappa shape index (κ1) is 18.0. The second kappa shape index (κ2) is 8.07. The number of benzene rings is 2. The molecule has 8 heteroatoms. The van der Waals surface area contributed by atoms with Gasteiger partial charge < -0.3 is 10.4 Å². The Morgan fingerprint density at radius 1 is 1.27 bits per heavy atom. The maximum absolute atomic E-state index is 12.9. The fraction of sp³-hybridized carbons (Fsp3) is 0.167. The molecule has 0 fully saturated rings. The van der Waals surface area contributed by atoms with Gasteiger partial charge in [0.25, 0.3) is 5.91 Å². The standard InChI is InChI=1S/C18H16ClFN4O2/c19-14-3-1-2-12(8-14)9-21-18(26)17-22-11-24(23-17)10-16(25)13-4-6-15(20)7-5-13/h1-8,11,16,25H,9-10H2,(H,21,26)/t16-/m1/s1. The molecule has 2 N–H and O–H groups in total. The lowest BCUT2D eigenvalue weighted by atomic mass is 10.1. The normalized spacial score (nSPS) is 12.0. The van der Waals surface area contributed by atoms with Crippen molar-refractivity contribution in [2.75, 3.05) is 0 Å².